The van der Waals surface area contributed by atoms with Crippen molar-refractivity contribution in [2.75, 3.05) is 0 Å². The van der Waals surface area contributed by atoms with E-state index in [9.17, 15) is 4.79 Å². The van der Waals surface area contributed by atoms with Crippen molar-refractivity contribution in [3.63, 3.8) is 0 Å². The van der Waals surface area contributed by atoms with Crippen molar-refractivity contribution in [1.29, 1.82) is 0 Å². The predicted molar refractivity (Wildman–Crippen MR) is 66.1 cm³/mol. The molecular weight excluding hydrogens is 218 g/mol. The molecule has 17 heavy (non-hydrogen) atoms. The summed E-state index contributed by atoms with van der Waals surface area (Å²) < 4.78 is 5.25. The van der Waals surface area contributed by atoms with E-state index in [4.69, 9.17) is 9.52 Å². The first-order valence-corrected chi connectivity index (χ1v) is 5.99. The number of nitrogens with one attached hydrogen (secondary N) is 1. The lowest BCUT2D eigenvalue weighted by Crippen LogP contribution is -2.29. The third-order valence-electron chi connectivity index (χ3n) is 2.62. The summed E-state index contributed by atoms with van der Waals surface area (Å²) in [7, 11) is 0. The van der Waals surface area contributed by atoms with Crippen LogP contribution in [0.4, 0.5) is 0 Å². The van der Waals surface area contributed by atoms with E-state index in [1.165, 1.54) is 6.07 Å². The molecule has 1 aromatic heterocycles. The van der Waals surface area contributed by atoms with Crippen molar-refractivity contribution in [1.82, 2.24) is 5.32 Å². The van der Waals surface area contributed by atoms with Crippen LogP contribution in [0.3, 0.4) is 0 Å². The van der Waals surface area contributed by atoms with Gasteiger partial charge in [-0.2, -0.15) is 0 Å². The van der Waals surface area contributed by atoms with Crippen molar-refractivity contribution in [3.8, 4) is 0 Å². The number of aromatic carboxylic acids is 1. The highest BCUT2D eigenvalue weighted by molar-refractivity contribution is 5.84. The van der Waals surface area contributed by atoms with E-state index in [1.807, 2.05) is 6.92 Å². The van der Waals surface area contributed by atoms with Crippen LogP contribution in [-0.4, -0.2) is 17.1 Å². The van der Waals surface area contributed by atoms with Crippen LogP contribution in [0.1, 0.15) is 56.5 Å². The Morgan fingerprint density at radius 1 is 1.35 bits per heavy atom. The molecule has 96 valence electrons. The predicted octanol–water partition coefficient (Wildman–Crippen LogP) is 3.06. The normalized spacial score (nSPS) is 14.9. The van der Waals surface area contributed by atoms with Gasteiger partial charge in [-0.3, -0.25) is 0 Å². The Hall–Kier alpha value is -1.29. The number of hydrogen-bond acceptors (Lipinski definition) is 3. The summed E-state index contributed by atoms with van der Waals surface area (Å²) in [4.78, 5) is 10.7. The molecule has 0 aliphatic rings. The molecule has 4 heteroatoms. The van der Waals surface area contributed by atoms with Crippen LogP contribution < -0.4 is 5.32 Å². The van der Waals surface area contributed by atoms with Crippen molar-refractivity contribution in [2.24, 2.45) is 5.92 Å². The molecule has 2 unspecified atom stereocenters. The molecule has 4 nitrogen and oxygen atoms in total. The quantitative estimate of drug-likeness (QED) is 0.800. The van der Waals surface area contributed by atoms with Gasteiger partial charge in [0.1, 0.15) is 5.76 Å². The molecule has 0 saturated heterocycles. The average molecular weight is 239 g/mol. The first-order chi connectivity index (χ1) is 7.90. The molecule has 0 aliphatic heterocycles. The van der Waals surface area contributed by atoms with E-state index in [2.05, 4.69) is 26.1 Å². The standard InChI is InChI=1S/C13H21NO3/c1-8(2)7-9(3)14-10(4)11-5-6-12(17-11)13(15)16/h5-6,8-10,14H,7H2,1-4H3,(H,15,16). The minimum atomic E-state index is -1.03. The molecule has 0 bridgehead atoms. The number of carboxylic acid groups (broad SMARTS) is 1. The van der Waals surface area contributed by atoms with Crippen molar-refractivity contribution >= 4 is 5.97 Å². The van der Waals surface area contributed by atoms with E-state index in [1.54, 1.807) is 6.07 Å². The van der Waals surface area contributed by atoms with Crippen molar-refractivity contribution < 1.29 is 14.3 Å². The molecule has 0 amide bonds. The fourth-order valence-electron chi connectivity index (χ4n) is 1.98. The Morgan fingerprint density at radius 3 is 2.47 bits per heavy atom. The maximum absolute atomic E-state index is 10.7. The zero-order valence-electron chi connectivity index (χ0n) is 10.9. The van der Waals surface area contributed by atoms with Gasteiger partial charge in [0.2, 0.25) is 5.76 Å². The third kappa shape index (κ3) is 4.23. The summed E-state index contributed by atoms with van der Waals surface area (Å²) in [5.41, 5.74) is 0. The van der Waals surface area contributed by atoms with E-state index < -0.39 is 5.97 Å². The Morgan fingerprint density at radius 2 is 2.00 bits per heavy atom. The second kappa shape index (κ2) is 5.87. The van der Waals surface area contributed by atoms with Crippen LogP contribution in [0, 0.1) is 5.92 Å². The second-order valence-corrected chi connectivity index (χ2v) is 4.93. The number of rotatable bonds is 6. The lowest BCUT2D eigenvalue weighted by atomic mass is 10.0. The Kier molecular flexibility index (Phi) is 4.75. The Bertz CT molecular complexity index is 370. The lowest BCUT2D eigenvalue weighted by Gasteiger charge is -2.20. The molecule has 0 saturated carbocycles. The van der Waals surface area contributed by atoms with Crippen molar-refractivity contribution in [3.05, 3.63) is 23.7 Å². The van der Waals surface area contributed by atoms with Gasteiger partial charge in [0, 0.05) is 6.04 Å². The smallest absolute Gasteiger partial charge is 0.371 e. The van der Waals surface area contributed by atoms with Gasteiger partial charge in [-0.25, -0.2) is 4.79 Å². The highest BCUT2D eigenvalue weighted by Gasteiger charge is 2.16. The number of carbonyl (C=O) groups is 1. The minimum Gasteiger partial charge on any atom is -0.475 e. The lowest BCUT2D eigenvalue weighted by molar-refractivity contribution is 0.0659. The summed E-state index contributed by atoms with van der Waals surface area (Å²) in [6, 6.07) is 3.60. The molecule has 0 fully saturated rings. The summed E-state index contributed by atoms with van der Waals surface area (Å²) in [6.45, 7) is 8.45. The van der Waals surface area contributed by atoms with E-state index in [0.29, 0.717) is 17.7 Å². The van der Waals surface area contributed by atoms with Gasteiger partial charge in [0.15, 0.2) is 0 Å². The fourth-order valence-corrected chi connectivity index (χ4v) is 1.98. The Balaban J connectivity index is 2.57. The molecule has 0 aliphatic carbocycles. The summed E-state index contributed by atoms with van der Waals surface area (Å²) in [5, 5.41) is 12.2. The van der Waals surface area contributed by atoms with Crippen LogP contribution in [0.15, 0.2) is 16.5 Å². The van der Waals surface area contributed by atoms with E-state index in [-0.39, 0.29) is 11.8 Å². The van der Waals surface area contributed by atoms with Gasteiger partial charge >= 0.3 is 5.97 Å². The molecule has 0 radical (unpaired) electrons. The summed E-state index contributed by atoms with van der Waals surface area (Å²) >= 11 is 0. The molecule has 2 atom stereocenters. The maximum Gasteiger partial charge on any atom is 0.371 e. The number of hydrogen-bond donors (Lipinski definition) is 2. The molecule has 0 spiro atoms. The summed E-state index contributed by atoms with van der Waals surface area (Å²) in [6.07, 6.45) is 1.08. The van der Waals surface area contributed by atoms with Gasteiger partial charge in [-0.15, -0.1) is 0 Å². The third-order valence-corrected chi connectivity index (χ3v) is 2.62. The fraction of sp³-hybridized carbons (Fsp3) is 0.615. The SMILES string of the molecule is CC(C)CC(C)NC(C)c1ccc(C(=O)O)o1. The van der Waals surface area contributed by atoms with Crippen LogP contribution in [0.2, 0.25) is 0 Å². The molecule has 2 N–H and O–H groups in total. The van der Waals surface area contributed by atoms with Crippen LogP contribution in [-0.2, 0) is 0 Å². The van der Waals surface area contributed by atoms with Crippen LogP contribution in [0.5, 0.6) is 0 Å². The highest BCUT2D eigenvalue weighted by Crippen LogP contribution is 2.18. The maximum atomic E-state index is 10.7. The first-order valence-electron chi connectivity index (χ1n) is 5.99. The largest absolute Gasteiger partial charge is 0.475 e. The zero-order chi connectivity index (χ0) is 13.0. The van der Waals surface area contributed by atoms with Gasteiger partial charge in [0.05, 0.1) is 6.04 Å². The summed E-state index contributed by atoms with van der Waals surface area (Å²) in [5.74, 6) is 0.262. The molecule has 1 aromatic rings. The van der Waals surface area contributed by atoms with E-state index in [0.717, 1.165) is 6.42 Å². The van der Waals surface area contributed by atoms with Gasteiger partial charge in [-0.1, -0.05) is 13.8 Å². The molecule has 0 aromatic carbocycles. The van der Waals surface area contributed by atoms with Gasteiger partial charge < -0.3 is 14.8 Å². The molecular formula is C13H21NO3. The molecule has 1 heterocycles. The number of furan rings is 1. The molecule has 1 rings (SSSR count). The van der Waals surface area contributed by atoms with Crippen molar-refractivity contribution in [2.45, 2.75) is 46.2 Å². The van der Waals surface area contributed by atoms with Gasteiger partial charge in [-0.05, 0) is 38.3 Å². The average Bonchev–Trinajstić information content (AvgIpc) is 2.64. The zero-order valence-corrected chi connectivity index (χ0v) is 10.9. The number of carboxylic acids is 1. The van der Waals surface area contributed by atoms with Crippen LogP contribution in [0.25, 0.3) is 0 Å². The minimum absolute atomic E-state index is 0.00911. The van der Waals surface area contributed by atoms with Crippen LogP contribution >= 0.6 is 0 Å². The monoisotopic (exact) mass is 239 g/mol. The van der Waals surface area contributed by atoms with E-state index >= 15 is 0 Å². The first kappa shape index (κ1) is 13.8. The second-order valence-electron chi connectivity index (χ2n) is 4.93. The Labute approximate surface area is 102 Å². The van der Waals surface area contributed by atoms with Gasteiger partial charge in [0.25, 0.3) is 0 Å². The highest BCUT2D eigenvalue weighted by atomic mass is 16.4. The topological polar surface area (TPSA) is 62.5 Å².